The predicted molar refractivity (Wildman–Crippen MR) is 223 cm³/mol. The third-order valence-corrected chi connectivity index (χ3v) is 14.9. The number of urea groups is 1. The van der Waals surface area contributed by atoms with Gasteiger partial charge in [-0.2, -0.15) is 19.6 Å². The molecule has 6 heterocycles. The van der Waals surface area contributed by atoms with E-state index >= 15 is 0 Å². The van der Waals surface area contributed by atoms with Gasteiger partial charge in [-0.05, 0) is 42.7 Å². The summed E-state index contributed by atoms with van der Waals surface area (Å²) in [5.41, 5.74) is 11.8. The van der Waals surface area contributed by atoms with Crippen LogP contribution >= 0.6 is 16.3 Å². The first-order valence-electron chi connectivity index (χ1n) is 19.9. The molecule has 0 aliphatic carbocycles. The normalized spacial score (nSPS) is 29.5. The van der Waals surface area contributed by atoms with Gasteiger partial charge in [0.2, 0.25) is 0 Å². The van der Waals surface area contributed by atoms with E-state index in [9.17, 15) is 54.7 Å². The number of anilines is 3. The van der Waals surface area contributed by atoms with Gasteiger partial charge < -0.3 is 52.0 Å². The standard InChI is InChI=1S/C37H48N10O15P2/c1-17-9-21-22(10-18(17)2)47-36(3,39)11-20(19-7-5-4-6-8-19)37(47)33(43-35(54)44-34(37)53)45(21)12-23(48)27(50)24(49)13-59-63(55,56)62-64(57,58)60-14-25-28(51)29(52)32(61-25)46-16-42-26-30(38)40-15-41-31(26)46/h4-10,15-16,20,23-25,27-29,32-33,48-52,55-58H,11-14,39H2,1-3H3,(H2-2,38,40,41,43,44,53,54)/p+3/t20?,23-,24+,25+,27-,28+,29+,32+,33-,36+,37-/m0/s1. The predicted octanol–water partition coefficient (Wildman–Crippen LogP) is -2.52. The van der Waals surface area contributed by atoms with Crippen LogP contribution < -0.4 is 31.9 Å². The van der Waals surface area contributed by atoms with Crippen LogP contribution in [-0.2, 0) is 22.9 Å². The van der Waals surface area contributed by atoms with Crippen LogP contribution in [0.1, 0.15) is 42.2 Å². The number of rotatable bonds is 14. The Morgan fingerprint density at radius 3 is 2.34 bits per heavy atom. The molecular weight excluding hydrogens is 886 g/mol. The molecule has 2 aromatic heterocycles. The first-order chi connectivity index (χ1) is 30.1. The molecule has 11 atom stereocenters. The van der Waals surface area contributed by atoms with Gasteiger partial charge in [-0.1, -0.05) is 30.3 Å². The number of hydrogen-bond donors (Lipinski definition) is 13. The van der Waals surface area contributed by atoms with Crippen LogP contribution in [-0.4, -0.2) is 150 Å². The molecule has 2 aromatic carbocycles. The zero-order chi connectivity index (χ0) is 46.3. The fraction of sp³-hybridized carbons (Fsp3) is 0.486. The Kier molecular flexibility index (Phi) is 12.1. The molecule has 64 heavy (non-hydrogen) atoms. The summed E-state index contributed by atoms with van der Waals surface area (Å²) < 4.78 is 21.3. The zero-order valence-electron chi connectivity index (χ0n) is 34.6. The van der Waals surface area contributed by atoms with Crippen molar-refractivity contribution in [3.8, 4) is 0 Å². The average molecular weight is 938 g/mol. The van der Waals surface area contributed by atoms with Crippen molar-refractivity contribution in [2.75, 3.05) is 35.3 Å². The van der Waals surface area contributed by atoms with Gasteiger partial charge in [0.25, 0.3) is 5.91 Å². The van der Waals surface area contributed by atoms with Gasteiger partial charge >= 0.3 is 22.4 Å². The number of nitrogen functional groups attached to an aromatic ring is 1. The highest BCUT2D eigenvalue weighted by molar-refractivity contribution is 7.68. The Morgan fingerprint density at radius 1 is 0.969 bits per heavy atom. The molecule has 1 spiro atoms. The summed E-state index contributed by atoms with van der Waals surface area (Å²) in [4.78, 5) is 85.0. The van der Waals surface area contributed by atoms with E-state index in [0.29, 0.717) is 17.8 Å². The van der Waals surface area contributed by atoms with Crippen molar-refractivity contribution in [1.29, 1.82) is 0 Å². The van der Waals surface area contributed by atoms with Crippen molar-refractivity contribution in [3.05, 3.63) is 71.8 Å². The molecule has 0 radical (unpaired) electrons. The van der Waals surface area contributed by atoms with Crippen LogP contribution in [0.2, 0.25) is 0 Å². The molecule has 4 aliphatic heterocycles. The number of hydrogen-bond acceptors (Lipinski definition) is 21. The monoisotopic (exact) mass is 937 g/mol. The lowest BCUT2D eigenvalue weighted by Gasteiger charge is -2.58. The number of nitrogens with one attached hydrogen (secondary N) is 2. The Morgan fingerprint density at radius 2 is 1.64 bits per heavy atom. The molecular formula is C37H51N10O15P2+3. The number of aryl methyl sites for hydroxylation is 2. The van der Waals surface area contributed by atoms with E-state index in [4.69, 9.17) is 19.5 Å². The van der Waals surface area contributed by atoms with E-state index in [1.54, 1.807) is 4.90 Å². The molecule has 27 heteroatoms. The number of nitrogens with zero attached hydrogens (tertiary/aromatic N) is 6. The van der Waals surface area contributed by atoms with Crippen molar-refractivity contribution < 1.29 is 78.5 Å². The van der Waals surface area contributed by atoms with E-state index in [-0.39, 0.29) is 17.0 Å². The fourth-order valence-electron chi connectivity index (χ4n) is 9.21. The van der Waals surface area contributed by atoms with Crippen molar-refractivity contribution in [1.82, 2.24) is 30.2 Å². The minimum atomic E-state index is -5.28. The number of carbonyl (C=O) groups is 2. The van der Waals surface area contributed by atoms with Gasteiger partial charge in [0.1, 0.15) is 67.8 Å². The Bertz CT molecular complexity index is 2420. The number of amides is 3. The lowest BCUT2D eigenvalue weighted by atomic mass is 9.73. The highest BCUT2D eigenvalue weighted by Crippen LogP contribution is 2.70. The maximum absolute atomic E-state index is 14.5. The van der Waals surface area contributed by atoms with Gasteiger partial charge in [0.05, 0.1) is 22.0 Å². The number of aliphatic hydroxyl groups is 5. The summed E-state index contributed by atoms with van der Waals surface area (Å²) in [5, 5.41) is 60.4. The number of quaternary nitrogens is 1. The van der Waals surface area contributed by atoms with Crippen molar-refractivity contribution >= 4 is 56.6 Å². The second-order valence-corrected chi connectivity index (χ2v) is 19.8. The summed E-state index contributed by atoms with van der Waals surface area (Å²) in [7, 11) is -10.5. The molecule has 4 aromatic rings. The van der Waals surface area contributed by atoms with Gasteiger partial charge in [0.15, 0.2) is 28.9 Å². The number of benzene rings is 2. The maximum atomic E-state index is 14.5. The summed E-state index contributed by atoms with van der Waals surface area (Å²) in [5.74, 6) is -1.12. The topological polar surface area (TPSA) is 381 Å². The van der Waals surface area contributed by atoms with Gasteiger partial charge in [0, 0.05) is 25.8 Å². The van der Waals surface area contributed by atoms with Crippen molar-refractivity contribution in [3.63, 3.8) is 0 Å². The van der Waals surface area contributed by atoms with Crippen LogP contribution in [0, 0.1) is 13.8 Å². The number of imidazole rings is 1. The first-order valence-corrected chi connectivity index (χ1v) is 23.0. The van der Waals surface area contributed by atoms with E-state index in [2.05, 4.69) is 35.6 Å². The maximum Gasteiger partial charge on any atom is 0.620 e. The van der Waals surface area contributed by atoms with Crippen LogP contribution in [0.4, 0.5) is 22.0 Å². The average Bonchev–Trinajstić information content (AvgIpc) is 3.87. The molecule has 16 N–H and O–H groups in total. The van der Waals surface area contributed by atoms with Crippen LogP contribution in [0.25, 0.3) is 11.2 Å². The third kappa shape index (κ3) is 8.04. The van der Waals surface area contributed by atoms with Crippen molar-refractivity contribution in [2.45, 2.75) is 93.3 Å². The summed E-state index contributed by atoms with van der Waals surface area (Å²) in [6, 6.07) is 12.2. The minimum Gasteiger partial charge on any atom is -0.388 e. The highest BCUT2D eigenvalue weighted by atomic mass is 31.3. The molecule has 25 nitrogen and oxygen atoms in total. The lowest BCUT2D eigenvalue weighted by molar-refractivity contribution is -0.468. The van der Waals surface area contributed by atoms with E-state index in [1.165, 1.54) is 10.9 Å². The molecule has 346 valence electrons. The van der Waals surface area contributed by atoms with Gasteiger partial charge in [-0.25, -0.2) is 19.7 Å². The van der Waals surface area contributed by atoms with E-state index < -0.39 is 114 Å². The fourth-order valence-corrected chi connectivity index (χ4v) is 11.4. The summed E-state index contributed by atoms with van der Waals surface area (Å²) >= 11 is 0. The second-order valence-electron chi connectivity index (χ2n) is 16.6. The van der Waals surface area contributed by atoms with Crippen LogP contribution in [0.15, 0.2) is 55.1 Å². The number of ether oxygens (including phenoxy) is 1. The third-order valence-electron chi connectivity index (χ3n) is 12.2. The molecule has 3 fully saturated rings. The van der Waals surface area contributed by atoms with Gasteiger partial charge in [-0.15, -0.1) is 9.05 Å². The number of fused-ring (bicyclic) bond motifs is 3. The molecule has 0 saturated carbocycles. The molecule has 3 saturated heterocycles. The number of aliphatic hydroxyl groups excluding tert-OH is 5. The molecule has 8 rings (SSSR count). The highest BCUT2D eigenvalue weighted by Gasteiger charge is 2.73. The number of nitrogens with two attached hydrogens (primary N) is 1. The number of imide groups is 1. The molecule has 0 bridgehead atoms. The summed E-state index contributed by atoms with van der Waals surface area (Å²) in [6.07, 6.45) is -10.4. The lowest BCUT2D eigenvalue weighted by Crippen LogP contribution is -2.87. The zero-order valence-corrected chi connectivity index (χ0v) is 36.3. The largest absolute Gasteiger partial charge is 0.620 e. The number of aromatic nitrogens is 4. The Balaban J connectivity index is 0.949. The van der Waals surface area contributed by atoms with E-state index in [1.807, 2.05) is 68.1 Å². The quantitative estimate of drug-likeness (QED) is 0.0580. The Labute approximate surface area is 365 Å². The van der Waals surface area contributed by atoms with Crippen molar-refractivity contribution in [2.24, 2.45) is 0 Å². The first kappa shape index (κ1) is 46.2. The number of carbonyl (C=O) groups excluding carboxylic acids is 2. The smallest absolute Gasteiger partial charge is 0.388 e. The molecule has 3 amide bonds. The Hall–Kier alpha value is -4.37. The summed E-state index contributed by atoms with van der Waals surface area (Å²) in [6.45, 7) is 3.15. The minimum absolute atomic E-state index is 0.0447. The number of β-amino-alcohol motifs (C(OH)–C–C–N with tert-alkyl or cyclic N) is 1. The van der Waals surface area contributed by atoms with Crippen LogP contribution in [0.3, 0.4) is 0 Å². The van der Waals surface area contributed by atoms with Crippen LogP contribution in [0.5, 0.6) is 0 Å². The molecule has 1 unspecified atom stereocenters. The van der Waals surface area contributed by atoms with Gasteiger partial charge in [-0.3, -0.25) is 19.6 Å². The SMILES string of the molecule is Cc1cc2c(cc1C)N1[C@@](C)([NH3+])CC(c3ccccc3)[C@]13C(=O)NC(=O)N[C@H]3N2C[C@H](O)[C@H](O)[C@H](O)CO[P+](O)(O)O[P+](O)(O)OC[C@H]1O[C@@H](n2cnc3c(N)ncnc32)[C@H](O)[C@@H]1O. The second kappa shape index (κ2) is 16.8. The van der Waals surface area contributed by atoms with E-state index in [0.717, 1.165) is 23.0 Å². The molecule has 4 aliphatic rings.